The summed E-state index contributed by atoms with van der Waals surface area (Å²) in [5.41, 5.74) is -0.0266. The summed E-state index contributed by atoms with van der Waals surface area (Å²) in [5.74, 6) is -1.71. The van der Waals surface area contributed by atoms with Crippen molar-refractivity contribution < 1.29 is 33.0 Å². The van der Waals surface area contributed by atoms with Gasteiger partial charge in [0.1, 0.15) is 17.1 Å². The van der Waals surface area contributed by atoms with Gasteiger partial charge in [0, 0.05) is 17.5 Å². The van der Waals surface area contributed by atoms with Crippen molar-refractivity contribution in [2.45, 2.75) is 0 Å². The van der Waals surface area contributed by atoms with Crippen LogP contribution in [0.3, 0.4) is 0 Å². The summed E-state index contributed by atoms with van der Waals surface area (Å²) in [4.78, 5) is 47.0. The summed E-state index contributed by atoms with van der Waals surface area (Å²) in [6.45, 7) is -1.13. The third-order valence-corrected chi connectivity index (χ3v) is 3.92. The number of carbonyl (C=O) groups is 3. The Morgan fingerprint density at radius 1 is 1.00 bits per heavy atom. The molecule has 30 heavy (non-hydrogen) atoms. The first kappa shape index (κ1) is 20.6. The molecule has 0 spiro atoms. The summed E-state index contributed by atoms with van der Waals surface area (Å²) in [6, 6.07) is 14.0. The lowest BCUT2D eigenvalue weighted by Crippen LogP contribution is -2.34. The van der Waals surface area contributed by atoms with Gasteiger partial charge in [0.25, 0.3) is 11.8 Å². The lowest BCUT2D eigenvalue weighted by molar-refractivity contribution is -0.150. The van der Waals surface area contributed by atoms with E-state index in [9.17, 15) is 19.2 Å². The minimum Gasteiger partial charge on any atom is -0.496 e. The van der Waals surface area contributed by atoms with Crippen molar-refractivity contribution >= 4 is 28.8 Å². The number of methoxy groups -OCH3 is 1. The lowest BCUT2D eigenvalue weighted by Gasteiger charge is -2.09. The maximum absolute atomic E-state index is 12.1. The smallest absolute Gasteiger partial charge is 0.344 e. The van der Waals surface area contributed by atoms with E-state index < -0.39 is 36.6 Å². The predicted molar refractivity (Wildman–Crippen MR) is 104 cm³/mol. The highest BCUT2D eigenvalue weighted by Crippen LogP contribution is 2.19. The number of nitrogens with one attached hydrogen (secondary N) is 1. The van der Waals surface area contributed by atoms with Crippen molar-refractivity contribution in [2.24, 2.45) is 0 Å². The van der Waals surface area contributed by atoms with Crippen molar-refractivity contribution in [3.8, 4) is 11.5 Å². The summed E-state index contributed by atoms with van der Waals surface area (Å²) >= 11 is 0. The number of hydrogen-bond donors (Lipinski definition) is 1. The second kappa shape index (κ2) is 9.37. The van der Waals surface area contributed by atoms with Crippen molar-refractivity contribution in [3.63, 3.8) is 0 Å². The van der Waals surface area contributed by atoms with Gasteiger partial charge in [-0.1, -0.05) is 12.1 Å². The molecule has 9 heteroatoms. The molecule has 0 aliphatic carbocycles. The Morgan fingerprint density at radius 2 is 1.77 bits per heavy atom. The molecule has 0 saturated heterocycles. The van der Waals surface area contributed by atoms with Crippen LogP contribution in [0.4, 0.5) is 0 Å². The molecule has 1 N–H and O–H groups in total. The number of esters is 1. The molecule has 1 aromatic heterocycles. The first-order valence-corrected chi connectivity index (χ1v) is 8.76. The standard InChI is InChI=1S/C21H17NO8/c1-27-16-5-3-2-4-15(16)21(26)22-18(23)11-29-20(25)12-28-14-8-6-13-7-9-19(24)30-17(13)10-14/h2-10H,11-12H2,1H3,(H,22,23,26). The number of carbonyl (C=O) groups excluding carboxylic acids is 3. The number of hydrogen-bond acceptors (Lipinski definition) is 8. The lowest BCUT2D eigenvalue weighted by atomic mass is 10.2. The zero-order chi connectivity index (χ0) is 21.5. The van der Waals surface area contributed by atoms with E-state index in [1.807, 2.05) is 0 Å². The Labute approximate surface area is 170 Å². The van der Waals surface area contributed by atoms with Gasteiger partial charge >= 0.3 is 11.6 Å². The number of para-hydroxylation sites is 1. The van der Waals surface area contributed by atoms with Gasteiger partial charge in [0.05, 0.1) is 12.7 Å². The average Bonchev–Trinajstić information content (AvgIpc) is 2.75. The minimum absolute atomic E-state index is 0.172. The molecule has 0 aliphatic rings. The number of amides is 2. The van der Waals surface area contributed by atoms with Crippen LogP contribution in [0.25, 0.3) is 11.0 Å². The molecule has 0 atom stereocenters. The molecule has 2 amide bonds. The van der Waals surface area contributed by atoms with Gasteiger partial charge in [-0.25, -0.2) is 9.59 Å². The van der Waals surface area contributed by atoms with E-state index in [0.717, 1.165) is 0 Å². The highest BCUT2D eigenvalue weighted by molar-refractivity contribution is 6.06. The van der Waals surface area contributed by atoms with E-state index in [0.29, 0.717) is 16.7 Å². The van der Waals surface area contributed by atoms with Crippen LogP contribution in [0.5, 0.6) is 11.5 Å². The molecule has 0 aliphatic heterocycles. The minimum atomic E-state index is -0.815. The van der Waals surface area contributed by atoms with Crippen LogP contribution in [0, 0.1) is 0 Å². The SMILES string of the molecule is COc1ccccc1C(=O)NC(=O)COC(=O)COc1ccc2ccc(=O)oc2c1. The summed E-state index contributed by atoms with van der Waals surface area (Å²) < 4.78 is 20.2. The maximum atomic E-state index is 12.1. The van der Waals surface area contributed by atoms with E-state index in [4.69, 9.17) is 18.6 Å². The Balaban J connectivity index is 1.48. The largest absolute Gasteiger partial charge is 0.496 e. The van der Waals surface area contributed by atoms with Gasteiger partial charge < -0.3 is 18.6 Å². The first-order valence-electron chi connectivity index (χ1n) is 8.76. The normalized spacial score (nSPS) is 10.3. The number of rotatable bonds is 7. The fourth-order valence-corrected chi connectivity index (χ4v) is 2.52. The predicted octanol–water partition coefficient (Wildman–Crippen LogP) is 1.68. The first-order chi connectivity index (χ1) is 14.5. The van der Waals surface area contributed by atoms with Crippen molar-refractivity contribution in [3.05, 3.63) is 70.6 Å². The summed E-state index contributed by atoms with van der Waals surface area (Å²) in [5, 5.41) is 2.80. The number of benzene rings is 2. The molecule has 3 aromatic rings. The molecule has 9 nitrogen and oxygen atoms in total. The molecule has 154 valence electrons. The quantitative estimate of drug-likeness (QED) is 0.460. The molecule has 0 radical (unpaired) electrons. The van der Waals surface area contributed by atoms with Gasteiger partial charge in [-0.2, -0.15) is 0 Å². The zero-order valence-corrected chi connectivity index (χ0v) is 15.9. The van der Waals surface area contributed by atoms with E-state index in [1.54, 1.807) is 36.4 Å². The molecular weight excluding hydrogens is 394 g/mol. The van der Waals surface area contributed by atoms with Crippen LogP contribution in [0.1, 0.15) is 10.4 Å². The van der Waals surface area contributed by atoms with Gasteiger partial charge in [-0.05, 0) is 30.3 Å². The second-order valence-corrected chi connectivity index (χ2v) is 5.98. The Morgan fingerprint density at radius 3 is 2.57 bits per heavy atom. The van der Waals surface area contributed by atoms with Crippen LogP contribution in [-0.4, -0.2) is 38.1 Å². The van der Waals surface area contributed by atoms with Crippen LogP contribution >= 0.6 is 0 Å². The van der Waals surface area contributed by atoms with Gasteiger partial charge in [-0.15, -0.1) is 0 Å². The Bertz CT molecular complexity index is 1150. The third kappa shape index (κ3) is 5.22. The van der Waals surface area contributed by atoms with Crippen LogP contribution in [0.15, 0.2) is 63.8 Å². The molecule has 0 fully saturated rings. The summed E-state index contributed by atoms with van der Waals surface area (Å²) in [7, 11) is 1.40. The zero-order valence-electron chi connectivity index (χ0n) is 15.9. The third-order valence-electron chi connectivity index (χ3n) is 3.92. The van der Waals surface area contributed by atoms with Gasteiger partial charge in [0.15, 0.2) is 13.2 Å². The number of ether oxygens (including phenoxy) is 3. The average molecular weight is 411 g/mol. The van der Waals surface area contributed by atoms with E-state index in [-0.39, 0.29) is 11.3 Å². The van der Waals surface area contributed by atoms with Crippen molar-refractivity contribution in [1.82, 2.24) is 5.32 Å². The Kier molecular flexibility index (Phi) is 6.43. The van der Waals surface area contributed by atoms with E-state index >= 15 is 0 Å². The Hall–Kier alpha value is -4.14. The fraction of sp³-hybridized carbons (Fsp3) is 0.143. The van der Waals surface area contributed by atoms with Crippen molar-refractivity contribution in [1.29, 1.82) is 0 Å². The molecular formula is C21H17NO8. The fourth-order valence-electron chi connectivity index (χ4n) is 2.52. The summed E-state index contributed by atoms with van der Waals surface area (Å²) in [6.07, 6.45) is 0. The highest BCUT2D eigenvalue weighted by Gasteiger charge is 2.16. The van der Waals surface area contributed by atoms with Crippen LogP contribution in [-0.2, 0) is 14.3 Å². The molecule has 0 unspecified atom stereocenters. The molecule has 1 heterocycles. The van der Waals surface area contributed by atoms with Crippen LogP contribution in [0.2, 0.25) is 0 Å². The number of imide groups is 1. The van der Waals surface area contributed by atoms with Gasteiger partial charge in [0.2, 0.25) is 0 Å². The second-order valence-electron chi connectivity index (χ2n) is 5.98. The highest BCUT2D eigenvalue weighted by atomic mass is 16.6. The van der Waals surface area contributed by atoms with Crippen LogP contribution < -0.4 is 20.4 Å². The molecule has 2 aromatic carbocycles. The number of fused-ring (bicyclic) bond motifs is 1. The molecule has 3 rings (SSSR count). The topological polar surface area (TPSA) is 121 Å². The van der Waals surface area contributed by atoms with E-state index in [2.05, 4.69) is 5.32 Å². The monoisotopic (exact) mass is 411 g/mol. The van der Waals surface area contributed by atoms with Gasteiger partial charge in [-0.3, -0.25) is 14.9 Å². The maximum Gasteiger partial charge on any atom is 0.344 e. The van der Waals surface area contributed by atoms with Crippen molar-refractivity contribution in [2.75, 3.05) is 20.3 Å². The van der Waals surface area contributed by atoms with E-state index in [1.165, 1.54) is 25.3 Å². The molecule has 0 saturated carbocycles. The molecule has 0 bridgehead atoms.